The molecule has 0 spiro atoms. The molecule has 2 N–H and O–H groups in total. The SMILES string of the molecule is O=C(Nc1sc2c(c1C(=O)NCC1CCCO1)CCC2)c1nc(N(Cc2ccccc2)Cc2ccco2)ncc1Cl. The number of nitrogens with zero attached hydrogens (tertiary/aromatic N) is 3. The van der Waals surface area contributed by atoms with Gasteiger partial charge in [0, 0.05) is 24.6 Å². The van der Waals surface area contributed by atoms with Crippen LogP contribution >= 0.6 is 22.9 Å². The van der Waals surface area contributed by atoms with Crippen LogP contribution in [0, 0.1) is 0 Å². The van der Waals surface area contributed by atoms with Crippen LogP contribution in [0.2, 0.25) is 5.02 Å². The van der Waals surface area contributed by atoms with Crippen molar-refractivity contribution in [2.45, 2.75) is 51.3 Å². The van der Waals surface area contributed by atoms with Gasteiger partial charge in [-0.25, -0.2) is 9.97 Å². The van der Waals surface area contributed by atoms with Gasteiger partial charge in [-0.15, -0.1) is 11.3 Å². The van der Waals surface area contributed by atoms with E-state index >= 15 is 0 Å². The molecular weight excluding hydrogens is 562 g/mol. The van der Waals surface area contributed by atoms with Crippen LogP contribution in [-0.4, -0.2) is 41.0 Å². The number of rotatable bonds is 10. The molecule has 0 saturated carbocycles. The van der Waals surface area contributed by atoms with E-state index in [9.17, 15) is 9.59 Å². The van der Waals surface area contributed by atoms with Crippen LogP contribution in [0.1, 0.15) is 61.9 Å². The number of furan rings is 1. The van der Waals surface area contributed by atoms with Crippen molar-refractivity contribution in [3.05, 3.63) is 93.0 Å². The maximum atomic E-state index is 13.6. The maximum Gasteiger partial charge on any atom is 0.276 e. The van der Waals surface area contributed by atoms with Crippen LogP contribution in [0.4, 0.5) is 10.9 Å². The van der Waals surface area contributed by atoms with E-state index < -0.39 is 5.91 Å². The van der Waals surface area contributed by atoms with Crippen molar-refractivity contribution in [2.24, 2.45) is 0 Å². The first-order valence-electron chi connectivity index (χ1n) is 13.7. The van der Waals surface area contributed by atoms with Gasteiger partial charge in [0.1, 0.15) is 10.8 Å². The van der Waals surface area contributed by atoms with E-state index in [0.717, 1.165) is 60.5 Å². The first-order valence-corrected chi connectivity index (χ1v) is 14.9. The van der Waals surface area contributed by atoms with Gasteiger partial charge in [-0.1, -0.05) is 41.9 Å². The summed E-state index contributed by atoms with van der Waals surface area (Å²) in [4.78, 5) is 39.0. The third-order valence-electron chi connectivity index (χ3n) is 7.26. The second kappa shape index (κ2) is 12.4. The van der Waals surface area contributed by atoms with Crippen LogP contribution in [0.3, 0.4) is 0 Å². The Hall–Kier alpha value is -3.73. The fourth-order valence-electron chi connectivity index (χ4n) is 5.26. The van der Waals surface area contributed by atoms with E-state index in [1.807, 2.05) is 47.4 Å². The number of aryl methyl sites for hydroxylation is 1. The zero-order valence-electron chi connectivity index (χ0n) is 22.4. The number of benzene rings is 1. The van der Waals surface area contributed by atoms with Gasteiger partial charge in [0.2, 0.25) is 5.95 Å². The van der Waals surface area contributed by atoms with Gasteiger partial charge in [-0.3, -0.25) is 9.59 Å². The van der Waals surface area contributed by atoms with Gasteiger partial charge in [0.25, 0.3) is 11.8 Å². The average Bonchev–Trinajstić information content (AvgIpc) is 3.79. The van der Waals surface area contributed by atoms with Gasteiger partial charge in [0.15, 0.2) is 5.69 Å². The van der Waals surface area contributed by atoms with E-state index in [0.29, 0.717) is 36.1 Å². The molecule has 4 heterocycles. The molecule has 0 radical (unpaired) electrons. The molecular formula is C30H30ClN5O4S. The first-order chi connectivity index (χ1) is 20.0. The van der Waals surface area contributed by atoms with Crippen molar-refractivity contribution in [1.29, 1.82) is 0 Å². The number of hydrogen-bond acceptors (Lipinski definition) is 8. The monoisotopic (exact) mass is 591 g/mol. The predicted octanol–water partition coefficient (Wildman–Crippen LogP) is 5.64. The van der Waals surface area contributed by atoms with Crippen molar-refractivity contribution in [2.75, 3.05) is 23.4 Å². The molecule has 1 atom stereocenters. The molecule has 41 heavy (non-hydrogen) atoms. The molecule has 2 amide bonds. The number of ether oxygens (including phenoxy) is 1. The fraction of sp³-hybridized carbons (Fsp3) is 0.333. The van der Waals surface area contributed by atoms with Crippen LogP contribution in [-0.2, 0) is 30.7 Å². The Morgan fingerprint density at radius 1 is 1.07 bits per heavy atom. The van der Waals surface area contributed by atoms with E-state index in [2.05, 4.69) is 20.6 Å². The Kier molecular flexibility index (Phi) is 8.31. The summed E-state index contributed by atoms with van der Waals surface area (Å²) in [5.74, 6) is 0.377. The first kappa shape index (κ1) is 27.4. The van der Waals surface area contributed by atoms with Gasteiger partial charge >= 0.3 is 0 Å². The molecule has 6 rings (SSSR count). The summed E-state index contributed by atoms with van der Waals surface area (Å²) in [6, 6.07) is 13.6. The molecule has 1 aliphatic heterocycles. The fourth-order valence-corrected chi connectivity index (χ4v) is 6.71. The normalized spacial score (nSPS) is 16.0. The van der Waals surface area contributed by atoms with Gasteiger partial charge in [-0.2, -0.15) is 0 Å². The largest absolute Gasteiger partial charge is 0.467 e. The number of fused-ring (bicyclic) bond motifs is 1. The third-order valence-corrected chi connectivity index (χ3v) is 8.75. The lowest BCUT2D eigenvalue weighted by molar-refractivity contribution is 0.0858. The summed E-state index contributed by atoms with van der Waals surface area (Å²) in [6.07, 6.45) is 7.71. The van der Waals surface area contributed by atoms with Crippen LogP contribution in [0.25, 0.3) is 0 Å². The Balaban J connectivity index is 1.25. The lowest BCUT2D eigenvalue weighted by atomic mass is 10.1. The van der Waals surface area contributed by atoms with E-state index in [1.165, 1.54) is 17.5 Å². The zero-order chi connectivity index (χ0) is 28.2. The summed E-state index contributed by atoms with van der Waals surface area (Å²) >= 11 is 7.90. The Morgan fingerprint density at radius 3 is 2.73 bits per heavy atom. The molecule has 11 heteroatoms. The summed E-state index contributed by atoms with van der Waals surface area (Å²) in [7, 11) is 0. The lowest BCUT2D eigenvalue weighted by Crippen LogP contribution is -2.32. The summed E-state index contributed by atoms with van der Waals surface area (Å²) in [5.41, 5.74) is 2.63. The zero-order valence-corrected chi connectivity index (χ0v) is 24.0. The Morgan fingerprint density at radius 2 is 1.95 bits per heavy atom. The van der Waals surface area contributed by atoms with Crippen LogP contribution in [0.5, 0.6) is 0 Å². The molecule has 1 fully saturated rings. The highest BCUT2D eigenvalue weighted by Gasteiger charge is 2.29. The highest BCUT2D eigenvalue weighted by atomic mass is 35.5. The third kappa shape index (κ3) is 6.29. The number of halogens is 1. The minimum atomic E-state index is -0.496. The van der Waals surface area contributed by atoms with Gasteiger partial charge in [-0.05, 0) is 55.4 Å². The van der Waals surface area contributed by atoms with Crippen LogP contribution in [0.15, 0.2) is 59.3 Å². The predicted molar refractivity (Wildman–Crippen MR) is 158 cm³/mol. The lowest BCUT2D eigenvalue weighted by Gasteiger charge is -2.22. The summed E-state index contributed by atoms with van der Waals surface area (Å²) in [5, 5.41) is 6.59. The van der Waals surface area contributed by atoms with Crippen molar-refractivity contribution in [1.82, 2.24) is 15.3 Å². The van der Waals surface area contributed by atoms with E-state index in [4.69, 9.17) is 20.8 Å². The number of amides is 2. The highest BCUT2D eigenvalue weighted by molar-refractivity contribution is 7.17. The van der Waals surface area contributed by atoms with Gasteiger partial charge < -0.3 is 24.7 Å². The average molecular weight is 592 g/mol. The van der Waals surface area contributed by atoms with E-state index in [1.54, 1.807) is 6.26 Å². The number of anilines is 2. The molecule has 1 saturated heterocycles. The molecule has 1 aliphatic carbocycles. The van der Waals surface area contributed by atoms with Crippen molar-refractivity contribution in [3.8, 4) is 0 Å². The highest BCUT2D eigenvalue weighted by Crippen LogP contribution is 2.39. The quantitative estimate of drug-likeness (QED) is 0.245. The number of aromatic nitrogens is 2. The van der Waals surface area contributed by atoms with Crippen LogP contribution < -0.4 is 15.5 Å². The standard InChI is InChI=1S/C30H30ClN5O4S/c31-23-16-33-30(36(18-21-10-6-14-40-21)17-19-7-2-1-3-8-19)34-26(23)28(38)35-29-25(22-11-4-12-24(22)41-29)27(37)32-15-20-9-5-13-39-20/h1-3,6-8,10,14,16,20H,4-5,9,11-13,15,17-18H2,(H,32,37)(H,35,38). The molecule has 4 aromatic rings. The molecule has 0 bridgehead atoms. The smallest absolute Gasteiger partial charge is 0.276 e. The maximum absolute atomic E-state index is 13.6. The van der Waals surface area contributed by atoms with Crippen molar-refractivity contribution >= 4 is 45.7 Å². The number of thiophene rings is 1. The Labute approximate surface area is 246 Å². The van der Waals surface area contributed by atoms with E-state index in [-0.39, 0.29) is 22.7 Å². The Bertz CT molecular complexity index is 1520. The number of hydrogen-bond donors (Lipinski definition) is 2. The molecule has 212 valence electrons. The van der Waals surface area contributed by atoms with Crippen molar-refractivity contribution < 1.29 is 18.7 Å². The topological polar surface area (TPSA) is 110 Å². The molecule has 1 aromatic carbocycles. The molecule has 1 unspecified atom stereocenters. The number of carbonyl (C=O) groups excluding carboxylic acids is 2. The second-order valence-electron chi connectivity index (χ2n) is 10.1. The minimum absolute atomic E-state index is 0.0296. The number of carbonyl (C=O) groups is 2. The minimum Gasteiger partial charge on any atom is -0.467 e. The summed E-state index contributed by atoms with van der Waals surface area (Å²) < 4.78 is 11.2. The number of nitrogens with one attached hydrogen (secondary N) is 2. The molecule has 9 nitrogen and oxygen atoms in total. The van der Waals surface area contributed by atoms with Crippen molar-refractivity contribution in [3.63, 3.8) is 0 Å². The molecule has 2 aliphatic rings. The van der Waals surface area contributed by atoms with Gasteiger partial charge in [0.05, 0.1) is 35.7 Å². The summed E-state index contributed by atoms with van der Waals surface area (Å²) in [6.45, 7) is 2.07. The molecule has 3 aromatic heterocycles. The second-order valence-corrected chi connectivity index (χ2v) is 11.7.